The molecule has 0 fully saturated rings. The first kappa shape index (κ1) is 11.8. The standard InChI is InChI=1S/C13H8ClFN2O2/c14-10-5-8(15)1-2-9(10)11-12(17-19-13(11)16)7-3-4-18-6-7/h1-6H,16H2. The molecule has 0 radical (unpaired) electrons. The predicted molar refractivity (Wildman–Crippen MR) is 69.0 cm³/mol. The van der Waals surface area contributed by atoms with Crippen LogP contribution >= 0.6 is 11.6 Å². The first-order chi connectivity index (χ1) is 9.16. The summed E-state index contributed by atoms with van der Waals surface area (Å²) in [5.74, 6) is -0.307. The summed E-state index contributed by atoms with van der Waals surface area (Å²) in [6, 6.07) is 5.76. The third-order valence-corrected chi connectivity index (χ3v) is 3.03. The molecular formula is C13H8ClFN2O2. The summed E-state index contributed by atoms with van der Waals surface area (Å²) in [6.45, 7) is 0. The Morgan fingerprint density at radius 1 is 1.26 bits per heavy atom. The number of nitrogen functional groups attached to an aromatic ring is 1. The smallest absolute Gasteiger partial charge is 0.230 e. The van der Waals surface area contributed by atoms with E-state index in [2.05, 4.69) is 5.16 Å². The summed E-state index contributed by atoms with van der Waals surface area (Å²) < 4.78 is 23.1. The van der Waals surface area contributed by atoms with Crippen molar-refractivity contribution in [3.63, 3.8) is 0 Å². The quantitative estimate of drug-likeness (QED) is 0.770. The Morgan fingerprint density at radius 2 is 2.11 bits per heavy atom. The average Bonchev–Trinajstić information content (AvgIpc) is 2.99. The molecule has 2 N–H and O–H groups in total. The fourth-order valence-corrected chi connectivity index (χ4v) is 2.11. The summed E-state index contributed by atoms with van der Waals surface area (Å²) in [5, 5.41) is 4.12. The van der Waals surface area contributed by atoms with Gasteiger partial charge in [-0.05, 0) is 24.3 Å². The van der Waals surface area contributed by atoms with Crippen molar-refractivity contribution >= 4 is 17.5 Å². The van der Waals surface area contributed by atoms with Crippen molar-refractivity contribution in [2.45, 2.75) is 0 Å². The predicted octanol–water partition coefficient (Wildman–Crippen LogP) is 3.98. The first-order valence-electron chi connectivity index (χ1n) is 5.40. The SMILES string of the molecule is Nc1onc(-c2ccoc2)c1-c1ccc(F)cc1Cl. The molecule has 0 saturated carbocycles. The van der Waals surface area contributed by atoms with E-state index in [0.717, 1.165) is 0 Å². The maximum Gasteiger partial charge on any atom is 0.230 e. The van der Waals surface area contributed by atoms with Crippen LogP contribution in [-0.4, -0.2) is 5.16 Å². The molecule has 3 aromatic rings. The van der Waals surface area contributed by atoms with Crippen LogP contribution in [0.4, 0.5) is 10.3 Å². The highest BCUT2D eigenvalue weighted by molar-refractivity contribution is 6.33. The fourth-order valence-electron chi connectivity index (χ4n) is 1.85. The van der Waals surface area contributed by atoms with Crippen molar-refractivity contribution < 1.29 is 13.3 Å². The second-order valence-corrected chi connectivity index (χ2v) is 4.31. The highest BCUT2D eigenvalue weighted by Crippen LogP contribution is 2.39. The number of halogens is 2. The number of aromatic nitrogens is 1. The molecule has 0 unspecified atom stereocenters. The van der Waals surface area contributed by atoms with Crippen molar-refractivity contribution in [3.8, 4) is 22.4 Å². The first-order valence-corrected chi connectivity index (χ1v) is 5.78. The molecule has 4 nitrogen and oxygen atoms in total. The molecule has 3 rings (SSSR count). The van der Waals surface area contributed by atoms with Gasteiger partial charge in [0.2, 0.25) is 5.88 Å². The minimum absolute atomic E-state index is 0.115. The van der Waals surface area contributed by atoms with Crippen LogP contribution in [0.15, 0.2) is 45.7 Å². The molecular weight excluding hydrogens is 271 g/mol. The van der Waals surface area contributed by atoms with E-state index < -0.39 is 5.82 Å². The number of furan rings is 1. The van der Waals surface area contributed by atoms with E-state index >= 15 is 0 Å². The summed E-state index contributed by atoms with van der Waals surface area (Å²) in [6.07, 6.45) is 3.02. The number of nitrogens with zero attached hydrogens (tertiary/aromatic N) is 1. The van der Waals surface area contributed by atoms with Gasteiger partial charge >= 0.3 is 0 Å². The van der Waals surface area contributed by atoms with Crippen molar-refractivity contribution in [1.29, 1.82) is 0 Å². The largest absolute Gasteiger partial charge is 0.472 e. The molecule has 0 spiro atoms. The molecule has 0 aliphatic rings. The van der Waals surface area contributed by atoms with Gasteiger partial charge in [-0.3, -0.25) is 0 Å². The average molecular weight is 279 g/mol. The van der Waals surface area contributed by atoms with Crippen molar-refractivity contribution in [3.05, 3.63) is 47.6 Å². The lowest BCUT2D eigenvalue weighted by Crippen LogP contribution is -1.89. The van der Waals surface area contributed by atoms with E-state index in [1.165, 1.54) is 30.7 Å². The molecule has 0 bridgehead atoms. The topological polar surface area (TPSA) is 65.2 Å². The molecule has 0 atom stereocenters. The van der Waals surface area contributed by atoms with Gasteiger partial charge in [0.1, 0.15) is 11.5 Å². The van der Waals surface area contributed by atoms with Crippen molar-refractivity contribution in [1.82, 2.24) is 5.16 Å². The van der Waals surface area contributed by atoms with Crippen LogP contribution in [0.3, 0.4) is 0 Å². The van der Waals surface area contributed by atoms with Crippen LogP contribution in [0.5, 0.6) is 0 Å². The maximum absolute atomic E-state index is 13.1. The number of hydrogen-bond donors (Lipinski definition) is 1. The minimum atomic E-state index is -0.423. The van der Waals surface area contributed by atoms with Gasteiger partial charge < -0.3 is 14.7 Å². The van der Waals surface area contributed by atoms with Gasteiger partial charge in [-0.2, -0.15) is 0 Å². The Balaban J connectivity index is 2.22. The summed E-state index contributed by atoms with van der Waals surface area (Å²) >= 11 is 6.04. The molecule has 0 amide bonds. The van der Waals surface area contributed by atoms with E-state index in [4.69, 9.17) is 26.3 Å². The van der Waals surface area contributed by atoms with Gasteiger partial charge in [0.25, 0.3) is 0 Å². The third-order valence-electron chi connectivity index (χ3n) is 2.71. The van der Waals surface area contributed by atoms with E-state index in [1.54, 1.807) is 6.07 Å². The second kappa shape index (κ2) is 4.44. The normalized spacial score (nSPS) is 10.8. The van der Waals surface area contributed by atoms with E-state index in [-0.39, 0.29) is 10.9 Å². The molecule has 2 aromatic heterocycles. The third kappa shape index (κ3) is 1.98. The summed E-state index contributed by atoms with van der Waals surface area (Å²) in [7, 11) is 0. The molecule has 0 aliphatic heterocycles. The molecule has 96 valence electrons. The lowest BCUT2D eigenvalue weighted by molar-refractivity contribution is 0.439. The van der Waals surface area contributed by atoms with Gasteiger partial charge in [0.05, 0.1) is 23.1 Å². The molecule has 0 saturated heterocycles. The zero-order valence-electron chi connectivity index (χ0n) is 9.56. The van der Waals surface area contributed by atoms with E-state index in [0.29, 0.717) is 22.4 Å². The van der Waals surface area contributed by atoms with Crippen molar-refractivity contribution in [2.75, 3.05) is 5.73 Å². The van der Waals surface area contributed by atoms with Gasteiger partial charge in [0, 0.05) is 11.1 Å². The van der Waals surface area contributed by atoms with Crippen LogP contribution in [-0.2, 0) is 0 Å². The number of benzene rings is 1. The van der Waals surface area contributed by atoms with Crippen LogP contribution in [0, 0.1) is 5.82 Å². The van der Waals surface area contributed by atoms with Gasteiger partial charge in [-0.15, -0.1) is 0 Å². The second-order valence-electron chi connectivity index (χ2n) is 3.91. The number of rotatable bonds is 2. The van der Waals surface area contributed by atoms with Crippen LogP contribution in [0.1, 0.15) is 0 Å². The molecule has 1 aromatic carbocycles. The Labute approximate surface area is 112 Å². The zero-order valence-corrected chi connectivity index (χ0v) is 10.3. The Morgan fingerprint density at radius 3 is 2.79 bits per heavy atom. The van der Waals surface area contributed by atoms with Crippen LogP contribution < -0.4 is 5.73 Å². The fraction of sp³-hybridized carbons (Fsp3) is 0. The van der Waals surface area contributed by atoms with Gasteiger partial charge in [0.15, 0.2) is 0 Å². The summed E-state index contributed by atoms with van der Waals surface area (Å²) in [5.41, 5.74) is 8.05. The number of anilines is 1. The summed E-state index contributed by atoms with van der Waals surface area (Å²) in [4.78, 5) is 0. The van der Waals surface area contributed by atoms with Gasteiger partial charge in [-0.25, -0.2) is 4.39 Å². The lowest BCUT2D eigenvalue weighted by Gasteiger charge is -2.04. The maximum atomic E-state index is 13.1. The van der Waals surface area contributed by atoms with E-state index in [9.17, 15) is 4.39 Å². The van der Waals surface area contributed by atoms with Crippen LogP contribution in [0.25, 0.3) is 22.4 Å². The Hall–Kier alpha value is -2.27. The zero-order chi connectivity index (χ0) is 13.4. The number of nitrogens with two attached hydrogens (primary N) is 1. The minimum Gasteiger partial charge on any atom is -0.472 e. The van der Waals surface area contributed by atoms with Crippen molar-refractivity contribution in [2.24, 2.45) is 0 Å². The van der Waals surface area contributed by atoms with Crippen LogP contribution in [0.2, 0.25) is 5.02 Å². The molecule has 6 heteroatoms. The Kier molecular flexibility index (Phi) is 2.76. The highest BCUT2D eigenvalue weighted by atomic mass is 35.5. The van der Waals surface area contributed by atoms with E-state index in [1.807, 2.05) is 0 Å². The number of hydrogen-bond acceptors (Lipinski definition) is 4. The molecule has 19 heavy (non-hydrogen) atoms. The monoisotopic (exact) mass is 278 g/mol. The Bertz CT molecular complexity index is 722. The van der Waals surface area contributed by atoms with Gasteiger partial charge in [-0.1, -0.05) is 16.8 Å². The lowest BCUT2D eigenvalue weighted by atomic mass is 10.0. The molecule has 0 aliphatic carbocycles. The highest BCUT2D eigenvalue weighted by Gasteiger charge is 2.20. The molecule has 2 heterocycles.